The molecule has 0 saturated carbocycles. The predicted octanol–water partition coefficient (Wildman–Crippen LogP) is -0.451. The SMILES string of the molecule is C1=CN2CC=NC2=[N+]1. The van der Waals surface area contributed by atoms with E-state index in [0.717, 1.165) is 12.5 Å². The number of fused-ring (bicyclic) bond motifs is 1. The molecule has 0 aromatic heterocycles. The highest BCUT2D eigenvalue weighted by Crippen LogP contribution is 2.01. The zero-order valence-corrected chi connectivity index (χ0v) is 4.28. The van der Waals surface area contributed by atoms with Crippen LogP contribution in [-0.4, -0.2) is 23.6 Å². The monoisotopic (exact) mass is 107 g/mol. The molecule has 0 aromatic carbocycles. The van der Waals surface area contributed by atoms with Crippen molar-refractivity contribution in [3.8, 4) is 0 Å². The summed E-state index contributed by atoms with van der Waals surface area (Å²) in [4.78, 5) is 9.93. The lowest BCUT2D eigenvalue weighted by Crippen LogP contribution is -2.17. The van der Waals surface area contributed by atoms with Crippen molar-refractivity contribution < 1.29 is 0 Å². The second-order valence-electron chi connectivity index (χ2n) is 1.69. The van der Waals surface area contributed by atoms with E-state index < -0.39 is 0 Å². The van der Waals surface area contributed by atoms with Crippen LogP contribution < -0.4 is 4.99 Å². The molecule has 2 rings (SSSR count). The number of nitrogens with zero attached hydrogens (tertiary/aromatic N) is 3. The molecule has 0 saturated heterocycles. The Morgan fingerprint density at radius 3 is 3.62 bits per heavy atom. The number of rotatable bonds is 0. The molecule has 0 atom stereocenters. The summed E-state index contributed by atoms with van der Waals surface area (Å²) in [5.41, 5.74) is 0. The van der Waals surface area contributed by atoms with Gasteiger partial charge in [0.1, 0.15) is 25.2 Å². The number of aliphatic imine (C=N–C) groups is 2. The molecule has 2 aliphatic heterocycles. The molecule has 0 aliphatic carbocycles. The summed E-state index contributed by atoms with van der Waals surface area (Å²) < 4.78 is 0. The number of hydrogen-bond donors (Lipinski definition) is 0. The summed E-state index contributed by atoms with van der Waals surface area (Å²) in [6.45, 7) is 0.884. The van der Waals surface area contributed by atoms with Gasteiger partial charge in [-0.2, -0.15) is 0 Å². The first kappa shape index (κ1) is 3.83. The maximum absolute atomic E-state index is 3.99. The molecule has 3 heteroatoms. The molecule has 0 unspecified atom stereocenters. The lowest BCUT2D eigenvalue weighted by atomic mass is 10.7. The van der Waals surface area contributed by atoms with E-state index in [9.17, 15) is 0 Å². The number of guanidine groups is 1. The Labute approximate surface area is 47.0 Å². The first-order valence-corrected chi connectivity index (χ1v) is 2.50. The Kier molecular flexibility index (Phi) is 0.566. The molecule has 0 amide bonds. The van der Waals surface area contributed by atoms with Gasteiger partial charge in [-0.25, -0.2) is 4.90 Å². The van der Waals surface area contributed by atoms with Gasteiger partial charge in [0.25, 0.3) is 0 Å². The Morgan fingerprint density at radius 1 is 1.75 bits per heavy atom. The molecule has 1 radical (unpaired) electrons. The summed E-state index contributed by atoms with van der Waals surface area (Å²) in [6, 6.07) is 0. The lowest BCUT2D eigenvalue weighted by molar-refractivity contribution is 0.672. The molecule has 0 fully saturated rings. The van der Waals surface area contributed by atoms with E-state index in [4.69, 9.17) is 0 Å². The van der Waals surface area contributed by atoms with Gasteiger partial charge in [0.2, 0.25) is 0 Å². The predicted molar refractivity (Wildman–Crippen MR) is 31.5 cm³/mol. The third kappa shape index (κ3) is 0.332. The zero-order valence-electron chi connectivity index (χ0n) is 4.28. The highest BCUT2D eigenvalue weighted by Gasteiger charge is 2.25. The average molecular weight is 107 g/mol. The first-order chi connectivity index (χ1) is 3.97. The van der Waals surface area contributed by atoms with E-state index in [0.29, 0.717) is 0 Å². The van der Waals surface area contributed by atoms with Gasteiger partial charge in [0.15, 0.2) is 0 Å². The van der Waals surface area contributed by atoms with Crippen LogP contribution in [0.25, 0.3) is 0 Å². The summed E-state index contributed by atoms with van der Waals surface area (Å²) in [6.07, 6.45) is 5.52. The average Bonchev–Trinajstić information content (AvgIpc) is 2.15. The van der Waals surface area contributed by atoms with Crippen molar-refractivity contribution in [3.63, 3.8) is 0 Å². The van der Waals surface area contributed by atoms with Gasteiger partial charge in [-0.3, -0.25) is 0 Å². The van der Waals surface area contributed by atoms with Crippen molar-refractivity contribution in [1.29, 1.82) is 0 Å². The highest BCUT2D eigenvalue weighted by atomic mass is 15.3. The molecular formula is C5H5N3+. The van der Waals surface area contributed by atoms with Crippen molar-refractivity contribution in [3.05, 3.63) is 12.4 Å². The second-order valence-corrected chi connectivity index (χ2v) is 1.69. The van der Waals surface area contributed by atoms with E-state index in [1.807, 2.05) is 17.3 Å². The molecule has 2 heterocycles. The molecule has 8 heavy (non-hydrogen) atoms. The van der Waals surface area contributed by atoms with E-state index in [1.54, 1.807) is 6.20 Å². The van der Waals surface area contributed by atoms with Gasteiger partial charge in [0.05, 0.1) is 0 Å². The Hall–Kier alpha value is -1.12. The fourth-order valence-electron chi connectivity index (χ4n) is 0.782. The Balaban J connectivity index is 2.39. The highest BCUT2D eigenvalue weighted by molar-refractivity contribution is 5.95. The van der Waals surface area contributed by atoms with E-state index in [1.165, 1.54) is 0 Å². The Bertz CT molecular complexity index is 190. The van der Waals surface area contributed by atoms with E-state index >= 15 is 0 Å². The van der Waals surface area contributed by atoms with Crippen molar-refractivity contribution in [2.24, 2.45) is 4.99 Å². The summed E-state index contributed by atoms with van der Waals surface area (Å²) in [7, 11) is 0. The third-order valence-electron chi connectivity index (χ3n) is 1.18. The van der Waals surface area contributed by atoms with E-state index in [2.05, 4.69) is 9.98 Å². The molecule has 3 nitrogen and oxygen atoms in total. The van der Waals surface area contributed by atoms with Crippen LogP contribution in [0.15, 0.2) is 17.4 Å². The summed E-state index contributed by atoms with van der Waals surface area (Å²) in [5.74, 6) is 0.824. The summed E-state index contributed by atoms with van der Waals surface area (Å²) >= 11 is 0. The van der Waals surface area contributed by atoms with Crippen LogP contribution in [0.1, 0.15) is 0 Å². The molecular weight excluding hydrogens is 102 g/mol. The minimum absolute atomic E-state index is 0.824. The van der Waals surface area contributed by atoms with Gasteiger partial charge in [-0.1, -0.05) is 9.98 Å². The first-order valence-electron chi connectivity index (χ1n) is 2.50. The van der Waals surface area contributed by atoms with E-state index in [-0.39, 0.29) is 0 Å². The zero-order chi connectivity index (χ0) is 5.40. The second kappa shape index (κ2) is 1.18. The molecule has 0 spiro atoms. The van der Waals surface area contributed by atoms with Crippen molar-refractivity contribution in [1.82, 2.24) is 9.89 Å². The van der Waals surface area contributed by atoms with Gasteiger partial charge >= 0.3 is 5.96 Å². The van der Waals surface area contributed by atoms with Gasteiger partial charge in [0, 0.05) is 0 Å². The minimum Gasteiger partial charge on any atom is -0.223 e. The van der Waals surface area contributed by atoms with Crippen LogP contribution in [-0.2, 0) is 0 Å². The van der Waals surface area contributed by atoms with Gasteiger partial charge in [-0.05, 0) is 0 Å². The van der Waals surface area contributed by atoms with Crippen LogP contribution in [0.3, 0.4) is 0 Å². The maximum atomic E-state index is 3.99. The largest absolute Gasteiger partial charge is 0.432 e. The van der Waals surface area contributed by atoms with Crippen molar-refractivity contribution in [2.75, 3.05) is 6.54 Å². The molecule has 39 valence electrons. The minimum atomic E-state index is 0.824. The lowest BCUT2D eigenvalue weighted by Gasteiger charge is -1.92. The quantitative estimate of drug-likeness (QED) is 0.412. The van der Waals surface area contributed by atoms with Crippen molar-refractivity contribution in [2.45, 2.75) is 0 Å². The van der Waals surface area contributed by atoms with Crippen molar-refractivity contribution >= 4 is 12.2 Å². The van der Waals surface area contributed by atoms with Crippen LogP contribution in [0.4, 0.5) is 0 Å². The molecule has 0 aromatic rings. The molecule has 0 bridgehead atoms. The van der Waals surface area contributed by atoms with Crippen LogP contribution in [0.5, 0.6) is 0 Å². The standard InChI is InChI=1S/C5H5N3/c1-3-8-4-2-7-5(8)6-1/h1-3H,4H2/q+1. The Morgan fingerprint density at radius 2 is 2.75 bits per heavy atom. The van der Waals surface area contributed by atoms with Crippen LogP contribution in [0, 0.1) is 0 Å². The maximum Gasteiger partial charge on any atom is 0.432 e. The van der Waals surface area contributed by atoms with Gasteiger partial charge < -0.3 is 0 Å². The van der Waals surface area contributed by atoms with Crippen LogP contribution in [0.2, 0.25) is 0 Å². The van der Waals surface area contributed by atoms with Gasteiger partial charge in [-0.15, -0.1) is 0 Å². The fourth-order valence-corrected chi connectivity index (χ4v) is 0.782. The smallest absolute Gasteiger partial charge is 0.223 e. The summed E-state index contributed by atoms with van der Waals surface area (Å²) in [5, 5.41) is 0. The molecule has 0 N–H and O–H groups in total. The topological polar surface area (TPSA) is 29.7 Å². The third-order valence-corrected chi connectivity index (χ3v) is 1.18. The number of hydrogen-bond acceptors (Lipinski definition) is 3. The fraction of sp³-hybridized carbons (Fsp3) is 0.200. The normalized spacial score (nSPS) is 22.0. The molecule has 2 aliphatic rings. The van der Waals surface area contributed by atoms with Crippen LogP contribution >= 0.6 is 0 Å².